The standard InChI is InChI=1S/C20H28O2/c1-12-11-20(3)13(10-17(12)21)4-5-14-15-6-7-18(22)19(15,2)9-8-16(14)20/h10,12,14-16H,4-9,11H2,1-3H3/t12?,14-,15-,16+,19-,20-/m0/s1. The lowest BCUT2D eigenvalue weighted by molar-refractivity contribution is -0.133. The van der Waals surface area contributed by atoms with Crippen molar-refractivity contribution in [3.8, 4) is 0 Å². The topological polar surface area (TPSA) is 34.1 Å². The number of carbonyl (C=O) groups excluding carboxylic acids is 2. The van der Waals surface area contributed by atoms with Crippen LogP contribution in [0.3, 0.4) is 0 Å². The number of ketones is 2. The highest BCUT2D eigenvalue weighted by Gasteiger charge is 2.59. The van der Waals surface area contributed by atoms with Gasteiger partial charge in [-0.15, -0.1) is 0 Å². The summed E-state index contributed by atoms with van der Waals surface area (Å²) in [6, 6.07) is 0. The number of rotatable bonds is 0. The third kappa shape index (κ3) is 1.73. The predicted molar refractivity (Wildman–Crippen MR) is 86.3 cm³/mol. The number of hydrogen-bond acceptors (Lipinski definition) is 2. The van der Waals surface area contributed by atoms with Crippen molar-refractivity contribution in [2.24, 2.45) is 34.5 Å². The predicted octanol–water partition coefficient (Wildman–Crippen LogP) is 4.33. The van der Waals surface area contributed by atoms with Crippen LogP contribution in [0.25, 0.3) is 0 Å². The molecule has 4 rings (SSSR count). The van der Waals surface area contributed by atoms with E-state index in [1.54, 1.807) is 0 Å². The van der Waals surface area contributed by atoms with Gasteiger partial charge in [0, 0.05) is 17.8 Å². The van der Waals surface area contributed by atoms with Gasteiger partial charge in [0.1, 0.15) is 5.78 Å². The minimum absolute atomic E-state index is 0.0329. The molecule has 0 saturated heterocycles. The van der Waals surface area contributed by atoms with Gasteiger partial charge in [0.05, 0.1) is 0 Å². The van der Waals surface area contributed by atoms with E-state index in [9.17, 15) is 9.59 Å². The Morgan fingerprint density at radius 2 is 1.73 bits per heavy atom. The van der Waals surface area contributed by atoms with Crippen molar-refractivity contribution < 1.29 is 9.59 Å². The Balaban J connectivity index is 1.71. The second-order valence-electron chi connectivity index (χ2n) is 8.93. The van der Waals surface area contributed by atoms with E-state index in [4.69, 9.17) is 0 Å². The molecule has 4 aliphatic rings. The fourth-order valence-corrected chi connectivity index (χ4v) is 6.67. The molecule has 0 heterocycles. The van der Waals surface area contributed by atoms with Crippen molar-refractivity contribution in [3.05, 3.63) is 11.6 Å². The SMILES string of the molecule is CC1C[C@@]2(C)C(=CC1=O)CC[C@@H]1[C@H]2CC[C@]2(C)C(=O)CC[C@@H]12. The second-order valence-corrected chi connectivity index (χ2v) is 8.93. The minimum atomic E-state index is -0.0329. The lowest BCUT2D eigenvalue weighted by Crippen LogP contribution is -2.51. The van der Waals surface area contributed by atoms with Crippen molar-refractivity contribution in [3.63, 3.8) is 0 Å². The van der Waals surface area contributed by atoms with E-state index in [1.165, 1.54) is 18.4 Å². The normalized spacial score (nSPS) is 51.0. The number of carbonyl (C=O) groups is 2. The second kappa shape index (κ2) is 4.55. The van der Waals surface area contributed by atoms with E-state index in [1.807, 2.05) is 6.08 Å². The molecule has 0 N–H and O–H groups in total. The summed E-state index contributed by atoms with van der Waals surface area (Å²) in [6.45, 7) is 6.75. The van der Waals surface area contributed by atoms with Crippen LogP contribution in [0.4, 0.5) is 0 Å². The maximum Gasteiger partial charge on any atom is 0.158 e. The van der Waals surface area contributed by atoms with Gasteiger partial charge in [-0.2, -0.15) is 0 Å². The van der Waals surface area contributed by atoms with E-state index in [0.29, 0.717) is 29.3 Å². The fraction of sp³-hybridized carbons (Fsp3) is 0.800. The summed E-state index contributed by atoms with van der Waals surface area (Å²) >= 11 is 0. The average molecular weight is 300 g/mol. The van der Waals surface area contributed by atoms with E-state index in [-0.39, 0.29) is 16.7 Å². The molecule has 2 nitrogen and oxygen atoms in total. The summed E-state index contributed by atoms with van der Waals surface area (Å²) in [4.78, 5) is 24.5. The molecule has 6 atom stereocenters. The van der Waals surface area contributed by atoms with E-state index in [0.717, 1.165) is 32.1 Å². The average Bonchev–Trinajstić information content (AvgIpc) is 2.77. The van der Waals surface area contributed by atoms with E-state index >= 15 is 0 Å². The molecule has 0 bridgehead atoms. The van der Waals surface area contributed by atoms with Gasteiger partial charge in [-0.05, 0) is 67.8 Å². The zero-order valence-electron chi connectivity index (χ0n) is 14.2. The molecule has 120 valence electrons. The first-order valence-corrected chi connectivity index (χ1v) is 9.14. The lowest BCUT2D eigenvalue weighted by atomic mass is 9.47. The van der Waals surface area contributed by atoms with Crippen LogP contribution in [-0.2, 0) is 9.59 Å². The summed E-state index contributed by atoms with van der Waals surface area (Å²) in [6.07, 6.45) is 9.45. The van der Waals surface area contributed by atoms with Crippen LogP contribution >= 0.6 is 0 Å². The van der Waals surface area contributed by atoms with Gasteiger partial charge in [-0.3, -0.25) is 9.59 Å². The fourth-order valence-electron chi connectivity index (χ4n) is 6.67. The zero-order valence-corrected chi connectivity index (χ0v) is 14.2. The summed E-state index contributed by atoms with van der Waals surface area (Å²) in [5.74, 6) is 3.02. The van der Waals surface area contributed by atoms with Crippen molar-refractivity contribution in [2.45, 2.75) is 65.7 Å². The van der Waals surface area contributed by atoms with Crippen LogP contribution in [0.2, 0.25) is 0 Å². The molecular weight excluding hydrogens is 272 g/mol. The number of hydrogen-bond donors (Lipinski definition) is 0. The van der Waals surface area contributed by atoms with Gasteiger partial charge in [0.15, 0.2) is 5.78 Å². The summed E-state index contributed by atoms with van der Waals surface area (Å²) in [7, 11) is 0. The first kappa shape index (κ1) is 14.7. The molecular formula is C20H28O2. The molecule has 3 fully saturated rings. The number of Topliss-reactive ketones (excluding diaryl/α,β-unsaturated/α-hetero) is 1. The highest BCUT2D eigenvalue weighted by Crippen LogP contribution is 2.64. The Kier molecular flexibility index (Phi) is 3.03. The van der Waals surface area contributed by atoms with Crippen LogP contribution in [0, 0.1) is 34.5 Å². The van der Waals surface area contributed by atoms with E-state index in [2.05, 4.69) is 20.8 Å². The molecule has 22 heavy (non-hydrogen) atoms. The van der Waals surface area contributed by atoms with Crippen LogP contribution in [0.1, 0.15) is 65.7 Å². The third-order valence-corrected chi connectivity index (χ3v) is 7.98. The van der Waals surface area contributed by atoms with Gasteiger partial charge in [-0.25, -0.2) is 0 Å². The van der Waals surface area contributed by atoms with Gasteiger partial charge in [-0.1, -0.05) is 26.3 Å². The Morgan fingerprint density at radius 3 is 2.50 bits per heavy atom. The first-order valence-electron chi connectivity index (χ1n) is 9.14. The number of fused-ring (bicyclic) bond motifs is 5. The molecule has 0 radical (unpaired) electrons. The summed E-state index contributed by atoms with van der Waals surface area (Å²) in [5.41, 5.74) is 1.60. The maximum absolute atomic E-state index is 12.4. The molecule has 0 aromatic rings. The molecule has 0 amide bonds. The zero-order chi connectivity index (χ0) is 15.7. The quantitative estimate of drug-likeness (QED) is 0.667. The molecule has 2 heteroatoms. The Bertz CT molecular complexity index is 574. The van der Waals surface area contributed by atoms with Crippen molar-refractivity contribution in [2.75, 3.05) is 0 Å². The van der Waals surface area contributed by atoms with Crippen LogP contribution in [0.15, 0.2) is 11.6 Å². The van der Waals surface area contributed by atoms with Crippen LogP contribution < -0.4 is 0 Å². The van der Waals surface area contributed by atoms with Crippen molar-refractivity contribution in [1.82, 2.24) is 0 Å². The third-order valence-electron chi connectivity index (χ3n) is 7.98. The maximum atomic E-state index is 12.4. The smallest absolute Gasteiger partial charge is 0.158 e. The Morgan fingerprint density at radius 1 is 1.00 bits per heavy atom. The van der Waals surface area contributed by atoms with Gasteiger partial charge >= 0.3 is 0 Å². The van der Waals surface area contributed by atoms with Crippen molar-refractivity contribution >= 4 is 11.6 Å². The molecule has 4 aliphatic carbocycles. The minimum Gasteiger partial charge on any atom is -0.299 e. The molecule has 0 aromatic carbocycles. The largest absolute Gasteiger partial charge is 0.299 e. The number of allylic oxidation sites excluding steroid dienone is 1. The van der Waals surface area contributed by atoms with Gasteiger partial charge < -0.3 is 0 Å². The van der Waals surface area contributed by atoms with Crippen LogP contribution in [0.5, 0.6) is 0 Å². The highest BCUT2D eigenvalue weighted by molar-refractivity contribution is 5.93. The first-order chi connectivity index (χ1) is 10.4. The van der Waals surface area contributed by atoms with Crippen molar-refractivity contribution in [1.29, 1.82) is 0 Å². The summed E-state index contributed by atoms with van der Waals surface area (Å²) < 4.78 is 0. The molecule has 0 aliphatic heterocycles. The van der Waals surface area contributed by atoms with Gasteiger partial charge in [0.2, 0.25) is 0 Å². The van der Waals surface area contributed by atoms with E-state index < -0.39 is 0 Å². The molecule has 0 spiro atoms. The Hall–Kier alpha value is -0.920. The molecule has 1 unspecified atom stereocenters. The van der Waals surface area contributed by atoms with Crippen LogP contribution in [-0.4, -0.2) is 11.6 Å². The summed E-state index contributed by atoms with van der Waals surface area (Å²) in [5, 5.41) is 0. The molecule has 3 saturated carbocycles. The Labute approximate surface area is 133 Å². The van der Waals surface area contributed by atoms with Gasteiger partial charge in [0.25, 0.3) is 0 Å². The lowest BCUT2D eigenvalue weighted by Gasteiger charge is -2.57. The highest BCUT2D eigenvalue weighted by atomic mass is 16.1. The molecule has 0 aromatic heterocycles. The monoisotopic (exact) mass is 300 g/mol.